The van der Waals surface area contributed by atoms with Gasteiger partial charge in [0.1, 0.15) is 0 Å². The van der Waals surface area contributed by atoms with E-state index in [2.05, 4.69) is 4.98 Å². The van der Waals surface area contributed by atoms with Crippen molar-refractivity contribution in [3.8, 4) is 17.1 Å². The van der Waals surface area contributed by atoms with Crippen LogP contribution >= 0.6 is 0 Å². The van der Waals surface area contributed by atoms with Crippen LogP contribution in [0.5, 0.6) is 5.88 Å². The topological polar surface area (TPSA) is 48.1 Å². The van der Waals surface area contributed by atoms with Gasteiger partial charge in [-0.05, 0) is 13.0 Å². The van der Waals surface area contributed by atoms with Crippen LogP contribution in [0.4, 0.5) is 13.2 Å². The molecule has 0 saturated carbocycles. The van der Waals surface area contributed by atoms with Gasteiger partial charge in [0.15, 0.2) is 0 Å². The van der Waals surface area contributed by atoms with Crippen LogP contribution in [0.2, 0.25) is 0 Å². The smallest absolute Gasteiger partial charge is 0.416 e. The Morgan fingerprint density at radius 3 is 2.29 bits per heavy atom. The van der Waals surface area contributed by atoms with Crippen molar-refractivity contribution in [1.29, 1.82) is 0 Å². The van der Waals surface area contributed by atoms with Gasteiger partial charge in [-0.1, -0.05) is 29.8 Å². The summed E-state index contributed by atoms with van der Waals surface area (Å²) in [6, 6.07) is 8.08. The van der Waals surface area contributed by atoms with Crippen LogP contribution in [-0.4, -0.2) is 12.1 Å². The number of aryl methyl sites for hydroxylation is 1. The second-order valence-electron chi connectivity index (χ2n) is 4.61. The van der Waals surface area contributed by atoms with Gasteiger partial charge in [0.05, 0.1) is 18.4 Å². The van der Waals surface area contributed by atoms with E-state index in [9.17, 15) is 13.2 Å². The summed E-state index contributed by atoms with van der Waals surface area (Å²) in [5, 5.41) is 0. The van der Waals surface area contributed by atoms with Crippen molar-refractivity contribution >= 4 is 0 Å². The van der Waals surface area contributed by atoms with Crippen LogP contribution in [0.25, 0.3) is 11.3 Å². The average molecular weight is 296 g/mol. The molecule has 0 spiro atoms. The van der Waals surface area contributed by atoms with E-state index in [1.54, 1.807) is 12.1 Å². The third-order valence-corrected chi connectivity index (χ3v) is 3.14. The van der Waals surface area contributed by atoms with E-state index < -0.39 is 11.7 Å². The fourth-order valence-electron chi connectivity index (χ4n) is 2.04. The monoisotopic (exact) mass is 296 g/mol. The zero-order chi connectivity index (χ0) is 15.6. The third-order valence-electron chi connectivity index (χ3n) is 3.14. The van der Waals surface area contributed by atoms with E-state index in [0.29, 0.717) is 5.56 Å². The van der Waals surface area contributed by atoms with Gasteiger partial charge in [-0.15, -0.1) is 0 Å². The van der Waals surface area contributed by atoms with Crippen molar-refractivity contribution in [3.63, 3.8) is 0 Å². The molecule has 2 rings (SSSR count). The molecule has 1 heterocycles. The molecular weight excluding hydrogens is 281 g/mol. The SMILES string of the molecule is COc1nc(-c2ccc(C)cc2)cc(C(F)(F)F)c1CN. The van der Waals surface area contributed by atoms with Crippen LogP contribution in [0.15, 0.2) is 30.3 Å². The zero-order valence-electron chi connectivity index (χ0n) is 11.7. The van der Waals surface area contributed by atoms with E-state index in [0.717, 1.165) is 11.6 Å². The Kier molecular flexibility index (Phi) is 4.18. The molecule has 21 heavy (non-hydrogen) atoms. The number of rotatable bonds is 3. The molecule has 2 N–H and O–H groups in total. The highest BCUT2D eigenvalue weighted by Gasteiger charge is 2.35. The third kappa shape index (κ3) is 3.16. The molecule has 0 unspecified atom stereocenters. The van der Waals surface area contributed by atoms with Gasteiger partial charge in [-0.25, -0.2) is 4.98 Å². The molecule has 1 aromatic carbocycles. The molecule has 0 aliphatic carbocycles. The lowest BCUT2D eigenvalue weighted by Crippen LogP contribution is -2.14. The van der Waals surface area contributed by atoms with Gasteiger partial charge >= 0.3 is 6.18 Å². The molecule has 0 aliphatic rings. The number of aromatic nitrogens is 1. The minimum absolute atomic E-state index is 0.0945. The maximum Gasteiger partial charge on any atom is 0.416 e. The van der Waals surface area contributed by atoms with Gasteiger partial charge in [0, 0.05) is 17.7 Å². The quantitative estimate of drug-likeness (QED) is 0.942. The molecule has 0 amide bonds. The van der Waals surface area contributed by atoms with Gasteiger partial charge in [-0.2, -0.15) is 13.2 Å². The molecule has 2 aromatic rings. The van der Waals surface area contributed by atoms with Gasteiger partial charge < -0.3 is 10.5 Å². The summed E-state index contributed by atoms with van der Waals surface area (Å²) in [7, 11) is 1.28. The van der Waals surface area contributed by atoms with Crippen LogP contribution < -0.4 is 10.5 Å². The lowest BCUT2D eigenvalue weighted by atomic mass is 10.0. The van der Waals surface area contributed by atoms with E-state index in [-0.39, 0.29) is 23.7 Å². The minimum atomic E-state index is -4.51. The molecule has 0 fully saturated rings. The predicted octanol–water partition coefficient (Wildman–Crippen LogP) is 3.54. The Hall–Kier alpha value is -2.08. The Morgan fingerprint density at radius 2 is 1.81 bits per heavy atom. The van der Waals surface area contributed by atoms with Crippen LogP contribution in [-0.2, 0) is 12.7 Å². The molecule has 112 valence electrons. The van der Waals surface area contributed by atoms with Crippen molar-refractivity contribution < 1.29 is 17.9 Å². The standard InChI is InChI=1S/C15H15F3N2O/c1-9-3-5-10(6-4-9)13-7-12(15(16,17)18)11(8-19)14(20-13)21-2/h3-7H,8,19H2,1-2H3. The number of hydrogen-bond acceptors (Lipinski definition) is 3. The first kappa shape index (κ1) is 15.3. The number of nitrogens with zero attached hydrogens (tertiary/aromatic N) is 1. The fourth-order valence-corrected chi connectivity index (χ4v) is 2.04. The molecule has 3 nitrogen and oxygen atoms in total. The first-order valence-electron chi connectivity index (χ1n) is 6.29. The number of halogens is 3. The summed E-state index contributed by atoms with van der Waals surface area (Å²) in [5.41, 5.74) is 6.27. The van der Waals surface area contributed by atoms with Gasteiger partial charge in [0.25, 0.3) is 0 Å². The second kappa shape index (κ2) is 5.73. The van der Waals surface area contributed by atoms with Crippen molar-refractivity contribution in [2.45, 2.75) is 19.6 Å². The Balaban J connectivity index is 2.66. The number of ether oxygens (including phenoxy) is 1. The Bertz CT molecular complexity index is 637. The Labute approximate surface area is 120 Å². The highest BCUT2D eigenvalue weighted by molar-refractivity contribution is 5.62. The van der Waals surface area contributed by atoms with Crippen molar-refractivity contribution in [3.05, 3.63) is 47.0 Å². The number of benzene rings is 1. The summed E-state index contributed by atoms with van der Waals surface area (Å²) in [6.45, 7) is 1.61. The van der Waals surface area contributed by atoms with E-state index in [4.69, 9.17) is 10.5 Å². The second-order valence-corrected chi connectivity index (χ2v) is 4.61. The highest BCUT2D eigenvalue weighted by atomic mass is 19.4. The summed E-state index contributed by atoms with van der Waals surface area (Å²) in [4.78, 5) is 4.13. The summed E-state index contributed by atoms with van der Waals surface area (Å²) in [5.74, 6) is -0.0945. The summed E-state index contributed by atoms with van der Waals surface area (Å²) in [6.07, 6.45) is -4.51. The summed E-state index contributed by atoms with van der Waals surface area (Å²) >= 11 is 0. The predicted molar refractivity (Wildman–Crippen MR) is 73.9 cm³/mol. The number of nitrogens with two attached hydrogens (primary N) is 1. The number of alkyl halides is 3. The maximum atomic E-state index is 13.2. The van der Waals surface area contributed by atoms with Crippen LogP contribution in [0.1, 0.15) is 16.7 Å². The van der Waals surface area contributed by atoms with Crippen LogP contribution in [0, 0.1) is 6.92 Å². The lowest BCUT2D eigenvalue weighted by Gasteiger charge is -2.16. The van der Waals surface area contributed by atoms with E-state index in [1.807, 2.05) is 19.1 Å². The summed E-state index contributed by atoms with van der Waals surface area (Å²) < 4.78 is 44.5. The minimum Gasteiger partial charge on any atom is -0.481 e. The maximum absolute atomic E-state index is 13.2. The first-order chi connectivity index (χ1) is 9.86. The molecule has 0 radical (unpaired) electrons. The number of pyridine rings is 1. The van der Waals surface area contributed by atoms with Crippen molar-refractivity contribution in [2.24, 2.45) is 5.73 Å². The molecule has 0 saturated heterocycles. The largest absolute Gasteiger partial charge is 0.481 e. The van der Waals surface area contributed by atoms with Crippen molar-refractivity contribution in [2.75, 3.05) is 7.11 Å². The number of methoxy groups -OCH3 is 1. The molecule has 0 aliphatic heterocycles. The first-order valence-corrected chi connectivity index (χ1v) is 6.29. The normalized spacial score (nSPS) is 11.5. The number of hydrogen-bond donors (Lipinski definition) is 1. The Morgan fingerprint density at radius 1 is 1.19 bits per heavy atom. The zero-order valence-corrected chi connectivity index (χ0v) is 11.7. The highest BCUT2D eigenvalue weighted by Crippen LogP contribution is 2.37. The molecule has 0 bridgehead atoms. The van der Waals surface area contributed by atoms with Gasteiger partial charge in [-0.3, -0.25) is 0 Å². The molecule has 0 atom stereocenters. The van der Waals surface area contributed by atoms with E-state index in [1.165, 1.54) is 7.11 Å². The molecular formula is C15H15F3N2O. The van der Waals surface area contributed by atoms with Gasteiger partial charge in [0.2, 0.25) is 5.88 Å². The fraction of sp³-hybridized carbons (Fsp3) is 0.267. The van der Waals surface area contributed by atoms with Crippen molar-refractivity contribution in [1.82, 2.24) is 4.98 Å². The lowest BCUT2D eigenvalue weighted by molar-refractivity contribution is -0.138. The average Bonchev–Trinajstić information content (AvgIpc) is 2.45. The van der Waals surface area contributed by atoms with E-state index >= 15 is 0 Å². The molecule has 1 aromatic heterocycles. The molecule has 6 heteroatoms. The van der Waals surface area contributed by atoms with Crippen LogP contribution in [0.3, 0.4) is 0 Å².